The van der Waals surface area contributed by atoms with Crippen LogP contribution in [0.15, 0.2) is 38.7 Å². The zero-order valence-corrected chi connectivity index (χ0v) is 21.9. The van der Waals surface area contributed by atoms with Gasteiger partial charge in [-0.15, -0.1) is 0 Å². The second kappa shape index (κ2) is 11.3. The molecule has 1 amide bonds. The molecule has 0 radical (unpaired) electrons. The number of rotatable bonds is 7. The maximum atomic E-state index is 13.0. The van der Waals surface area contributed by atoms with Crippen LogP contribution in [0.1, 0.15) is 43.5 Å². The first-order valence-electron chi connectivity index (χ1n) is 11.1. The summed E-state index contributed by atoms with van der Waals surface area (Å²) in [5.41, 5.74) is 2.28. The SMILES string of the molecule is CCOC(=O)C1CCN(C(=O)C(C)Sc2nc(C)c(Cc3ccc(Br)cc3)c(=O)n2C)CC1. The number of aromatic nitrogens is 2. The van der Waals surface area contributed by atoms with Gasteiger partial charge < -0.3 is 9.64 Å². The lowest BCUT2D eigenvalue weighted by atomic mass is 9.97. The van der Waals surface area contributed by atoms with Gasteiger partial charge in [0.15, 0.2) is 5.16 Å². The van der Waals surface area contributed by atoms with E-state index in [9.17, 15) is 14.4 Å². The molecule has 1 atom stereocenters. The average Bonchev–Trinajstić information content (AvgIpc) is 2.81. The zero-order valence-electron chi connectivity index (χ0n) is 19.5. The predicted molar refractivity (Wildman–Crippen MR) is 132 cm³/mol. The molecule has 1 fully saturated rings. The fourth-order valence-corrected chi connectivity index (χ4v) is 5.17. The van der Waals surface area contributed by atoms with Crippen molar-refractivity contribution in [2.24, 2.45) is 13.0 Å². The molecule has 1 unspecified atom stereocenters. The number of aryl methyl sites for hydroxylation is 1. The third-order valence-electron chi connectivity index (χ3n) is 5.90. The van der Waals surface area contributed by atoms with Crippen LogP contribution in [0.2, 0.25) is 0 Å². The lowest BCUT2D eigenvalue weighted by Crippen LogP contribution is -2.43. The fraction of sp³-hybridized carbons (Fsp3) is 0.500. The van der Waals surface area contributed by atoms with Gasteiger partial charge in [0.05, 0.1) is 17.8 Å². The normalized spacial score (nSPS) is 15.4. The minimum Gasteiger partial charge on any atom is -0.466 e. The summed E-state index contributed by atoms with van der Waals surface area (Å²) in [6.45, 7) is 6.91. The summed E-state index contributed by atoms with van der Waals surface area (Å²) in [4.78, 5) is 44.4. The molecule has 178 valence electrons. The largest absolute Gasteiger partial charge is 0.466 e. The van der Waals surface area contributed by atoms with Gasteiger partial charge in [-0.3, -0.25) is 19.0 Å². The van der Waals surface area contributed by atoms with Gasteiger partial charge in [-0.2, -0.15) is 0 Å². The highest BCUT2D eigenvalue weighted by Gasteiger charge is 2.31. The minimum atomic E-state index is -0.390. The Morgan fingerprint density at radius 2 is 1.88 bits per heavy atom. The van der Waals surface area contributed by atoms with Crippen molar-refractivity contribution in [2.75, 3.05) is 19.7 Å². The monoisotopic (exact) mass is 535 g/mol. The van der Waals surface area contributed by atoms with Crippen LogP contribution >= 0.6 is 27.7 Å². The molecule has 0 N–H and O–H groups in total. The fourth-order valence-electron chi connectivity index (χ4n) is 3.91. The molecular formula is C24H30BrN3O4S. The van der Waals surface area contributed by atoms with Crippen molar-refractivity contribution in [3.63, 3.8) is 0 Å². The van der Waals surface area contributed by atoms with Crippen LogP contribution in [0.4, 0.5) is 0 Å². The van der Waals surface area contributed by atoms with E-state index >= 15 is 0 Å². The number of piperidine rings is 1. The molecule has 1 aliphatic heterocycles. The number of nitrogens with zero attached hydrogens (tertiary/aromatic N) is 3. The molecule has 2 aromatic rings. The molecule has 0 spiro atoms. The summed E-state index contributed by atoms with van der Waals surface area (Å²) in [5, 5.41) is 0.137. The quantitative estimate of drug-likeness (QED) is 0.305. The number of halogens is 1. The summed E-state index contributed by atoms with van der Waals surface area (Å²) in [5.74, 6) is -0.321. The molecule has 0 bridgehead atoms. The molecule has 9 heteroatoms. The lowest BCUT2D eigenvalue weighted by Gasteiger charge is -2.32. The van der Waals surface area contributed by atoms with Crippen molar-refractivity contribution in [1.82, 2.24) is 14.5 Å². The third-order valence-corrected chi connectivity index (χ3v) is 7.56. The average molecular weight is 536 g/mol. The van der Waals surface area contributed by atoms with Crippen molar-refractivity contribution in [1.29, 1.82) is 0 Å². The van der Waals surface area contributed by atoms with Crippen LogP contribution in [-0.4, -0.2) is 51.3 Å². The molecule has 3 rings (SSSR count). The van der Waals surface area contributed by atoms with Gasteiger partial charge in [-0.05, 0) is 51.3 Å². The van der Waals surface area contributed by atoms with E-state index < -0.39 is 0 Å². The number of carbonyl (C=O) groups excluding carboxylic acids is 2. The van der Waals surface area contributed by atoms with Gasteiger partial charge in [-0.25, -0.2) is 4.98 Å². The van der Waals surface area contributed by atoms with Gasteiger partial charge in [0.1, 0.15) is 0 Å². The highest BCUT2D eigenvalue weighted by atomic mass is 79.9. The highest BCUT2D eigenvalue weighted by molar-refractivity contribution is 9.10. The van der Waals surface area contributed by atoms with Crippen molar-refractivity contribution >= 4 is 39.6 Å². The second-order valence-electron chi connectivity index (χ2n) is 8.24. The van der Waals surface area contributed by atoms with Crippen molar-refractivity contribution < 1.29 is 14.3 Å². The number of likely N-dealkylation sites (tertiary alicyclic amines) is 1. The van der Waals surface area contributed by atoms with Crippen molar-refractivity contribution in [3.8, 4) is 0 Å². The maximum Gasteiger partial charge on any atom is 0.309 e. The molecule has 7 nitrogen and oxygen atoms in total. The van der Waals surface area contributed by atoms with Crippen LogP contribution in [0.5, 0.6) is 0 Å². The summed E-state index contributed by atoms with van der Waals surface area (Å²) >= 11 is 4.72. The van der Waals surface area contributed by atoms with Crippen LogP contribution in [0.3, 0.4) is 0 Å². The van der Waals surface area contributed by atoms with Gasteiger partial charge in [-0.1, -0.05) is 39.8 Å². The number of ether oxygens (including phenoxy) is 1. The van der Waals surface area contributed by atoms with E-state index in [1.54, 1.807) is 18.9 Å². The summed E-state index contributed by atoms with van der Waals surface area (Å²) in [6, 6.07) is 7.88. The van der Waals surface area contributed by atoms with Crippen LogP contribution in [-0.2, 0) is 27.8 Å². The van der Waals surface area contributed by atoms with E-state index in [0.717, 1.165) is 10.0 Å². The van der Waals surface area contributed by atoms with E-state index in [1.165, 1.54) is 16.3 Å². The molecule has 1 saturated heterocycles. The summed E-state index contributed by atoms with van der Waals surface area (Å²) in [6.07, 6.45) is 1.73. The smallest absolute Gasteiger partial charge is 0.309 e. The molecule has 33 heavy (non-hydrogen) atoms. The van der Waals surface area contributed by atoms with Crippen LogP contribution in [0.25, 0.3) is 0 Å². The molecular weight excluding hydrogens is 506 g/mol. The number of hydrogen-bond acceptors (Lipinski definition) is 6. The number of benzene rings is 1. The Hall–Kier alpha value is -2.13. The summed E-state index contributed by atoms with van der Waals surface area (Å²) in [7, 11) is 1.70. The number of amides is 1. The Kier molecular flexibility index (Phi) is 8.75. The molecule has 0 aliphatic carbocycles. The van der Waals surface area contributed by atoms with E-state index in [4.69, 9.17) is 4.74 Å². The Bertz CT molecular complexity index is 1060. The van der Waals surface area contributed by atoms with E-state index in [2.05, 4.69) is 20.9 Å². The Morgan fingerprint density at radius 3 is 2.48 bits per heavy atom. The Balaban J connectivity index is 1.66. The molecule has 2 heterocycles. The highest BCUT2D eigenvalue weighted by Crippen LogP contribution is 2.26. The number of hydrogen-bond donors (Lipinski definition) is 0. The number of thioether (sulfide) groups is 1. The van der Waals surface area contributed by atoms with Gasteiger partial charge >= 0.3 is 5.97 Å². The lowest BCUT2D eigenvalue weighted by molar-refractivity contribution is -0.151. The Morgan fingerprint density at radius 1 is 1.24 bits per heavy atom. The van der Waals surface area contributed by atoms with E-state index in [-0.39, 0.29) is 28.6 Å². The maximum absolute atomic E-state index is 13.0. The first kappa shape index (κ1) is 25.5. The Labute approximate surface area is 207 Å². The molecule has 1 aromatic carbocycles. The van der Waals surface area contributed by atoms with Gasteiger partial charge in [0, 0.05) is 42.3 Å². The summed E-state index contributed by atoms with van der Waals surface area (Å²) < 4.78 is 7.62. The van der Waals surface area contributed by atoms with Gasteiger partial charge in [0.2, 0.25) is 5.91 Å². The van der Waals surface area contributed by atoms with Gasteiger partial charge in [0.25, 0.3) is 5.56 Å². The molecule has 0 saturated carbocycles. The molecule has 1 aliphatic rings. The third kappa shape index (κ3) is 6.26. The van der Waals surface area contributed by atoms with E-state index in [1.807, 2.05) is 38.1 Å². The van der Waals surface area contributed by atoms with Crippen LogP contribution in [0, 0.1) is 12.8 Å². The first-order chi connectivity index (χ1) is 15.7. The molecule has 1 aromatic heterocycles. The number of esters is 1. The zero-order chi connectivity index (χ0) is 24.1. The topological polar surface area (TPSA) is 81.5 Å². The second-order valence-corrected chi connectivity index (χ2v) is 10.5. The van der Waals surface area contributed by atoms with E-state index in [0.29, 0.717) is 55.4 Å². The predicted octanol–water partition coefficient (Wildman–Crippen LogP) is 3.72. The standard InChI is InChI=1S/C24H30BrN3O4S/c1-5-32-23(31)18-10-12-28(13-11-18)21(29)16(3)33-24-26-15(2)20(22(30)27(24)4)14-17-6-8-19(25)9-7-17/h6-9,16,18H,5,10-14H2,1-4H3. The van der Waals surface area contributed by atoms with Crippen molar-refractivity contribution in [3.05, 3.63) is 55.9 Å². The first-order valence-corrected chi connectivity index (χ1v) is 12.8. The number of carbonyl (C=O) groups is 2. The van der Waals surface area contributed by atoms with Crippen molar-refractivity contribution in [2.45, 2.75) is 50.4 Å². The minimum absolute atomic E-state index is 0.00634. The van der Waals surface area contributed by atoms with Crippen LogP contribution < -0.4 is 5.56 Å².